The highest BCUT2D eigenvalue weighted by Gasteiger charge is 2.11. The topological polar surface area (TPSA) is 26.3 Å². The first-order valence-corrected chi connectivity index (χ1v) is 5.91. The predicted octanol–water partition coefficient (Wildman–Crippen LogP) is 3.61. The number of carbonyl (C=O) groups is 1. The molecule has 0 saturated carbocycles. The van der Waals surface area contributed by atoms with Crippen LogP contribution in [-0.2, 0) is 11.3 Å². The van der Waals surface area contributed by atoms with Gasteiger partial charge in [0.25, 0.3) is 0 Å². The van der Waals surface area contributed by atoms with Gasteiger partial charge in [-0.15, -0.1) is 12.6 Å². The van der Waals surface area contributed by atoms with E-state index in [1.165, 1.54) is 24.3 Å². The van der Waals surface area contributed by atoms with Crippen molar-refractivity contribution in [1.82, 2.24) is 0 Å². The molecule has 0 spiro atoms. The molecular weight excluding hydrogens is 270 g/mol. The van der Waals surface area contributed by atoms with Crippen LogP contribution < -0.4 is 0 Å². The Morgan fingerprint density at radius 3 is 2.53 bits per heavy atom. The van der Waals surface area contributed by atoms with Crippen molar-refractivity contribution in [2.24, 2.45) is 0 Å². The van der Waals surface area contributed by atoms with Crippen molar-refractivity contribution in [3.8, 4) is 0 Å². The van der Waals surface area contributed by atoms with Gasteiger partial charge in [-0.2, -0.15) is 0 Å². The van der Waals surface area contributed by atoms with Gasteiger partial charge in [-0.1, -0.05) is 18.2 Å². The van der Waals surface area contributed by atoms with E-state index in [1.807, 2.05) is 0 Å². The van der Waals surface area contributed by atoms with Crippen LogP contribution in [0, 0.1) is 11.6 Å². The summed E-state index contributed by atoms with van der Waals surface area (Å²) in [4.78, 5) is 11.7. The number of rotatable bonds is 3. The molecule has 0 aromatic heterocycles. The van der Waals surface area contributed by atoms with Gasteiger partial charge in [-0.05, 0) is 24.3 Å². The van der Waals surface area contributed by atoms with Crippen molar-refractivity contribution in [3.05, 3.63) is 65.2 Å². The molecule has 5 heteroatoms. The Kier molecular flexibility index (Phi) is 4.16. The molecule has 0 unspecified atom stereocenters. The van der Waals surface area contributed by atoms with Crippen molar-refractivity contribution >= 4 is 18.6 Å². The van der Waals surface area contributed by atoms with Gasteiger partial charge >= 0.3 is 5.97 Å². The van der Waals surface area contributed by atoms with Crippen LogP contribution in [0.15, 0.2) is 47.4 Å². The minimum atomic E-state index is -0.654. The highest BCUT2D eigenvalue weighted by Crippen LogP contribution is 2.16. The Hall–Kier alpha value is -1.88. The van der Waals surface area contributed by atoms with E-state index < -0.39 is 17.6 Å². The third-order valence-corrected chi connectivity index (χ3v) is 2.84. The Morgan fingerprint density at radius 2 is 1.84 bits per heavy atom. The second-order valence-corrected chi connectivity index (χ2v) is 4.32. The normalized spacial score (nSPS) is 10.3. The zero-order chi connectivity index (χ0) is 13.8. The number of hydrogen-bond acceptors (Lipinski definition) is 3. The SMILES string of the molecule is O=C(OCc1ccccc1F)c1ccc(F)c(S)c1. The summed E-state index contributed by atoms with van der Waals surface area (Å²) in [5.41, 5.74) is 0.451. The van der Waals surface area contributed by atoms with Crippen LogP contribution in [0.3, 0.4) is 0 Å². The molecule has 2 rings (SSSR count). The summed E-state index contributed by atoms with van der Waals surface area (Å²) in [5.74, 6) is -1.61. The van der Waals surface area contributed by atoms with Crippen LogP contribution in [0.1, 0.15) is 15.9 Å². The Morgan fingerprint density at radius 1 is 1.11 bits per heavy atom. The number of thiol groups is 1. The molecule has 0 heterocycles. The van der Waals surface area contributed by atoms with Crippen molar-refractivity contribution < 1.29 is 18.3 Å². The first-order chi connectivity index (χ1) is 9.08. The fourth-order valence-electron chi connectivity index (χ4n) is 1.48. The lowest BCUT2D eigenvalue weighted by Gasteiger charge is -2.06. The molecule has 0 radical (unpaired) electrons. The van der Waals surface area contributed by atoms with Gasteiger partial charge in [0.1, 0.15) is 18.2 Å². The lowest BCUT2D eigenvalue weighted by Crippen LogP contribution is -2.06. The summed E-state index contributed by atoms with van der Waals surface area (Å²) in [7, 11) is 0. The van der Waals surface area contributed by atoms with E-state index in [4.69, 9.17) is 4.74 Å². The Labute approximate surface area is 114 Å². The van der Waals surface area contributed by atoms with Crippen LogP contribution >= 0.6 is 12.6 Å². The molecule has 0 aliphatic rings. The van der Waals surface area contributed by atoms with Gasteiger partial charge < -0.3 is 4.74 Å². The minimum absolute atomic E-state index is 0.0559. The Bertz CT molecular complexity index is 614. The lowest BCUT2D eigenvalue weighted by molar-refractivity contribution is 0.0468. The van der Waals surface area contributed by atoms with E-state index >= 15 is 0 Å². The molecule has 0 N–H and O–H groups in total. The summed E-state index contributed by atoms with van der Waals surface area (Å²) < 4.78 is 31.2. The molecule has 0 fully saturated rings. The van der Waals surface area contributed by atoms with Gasteiger partial charge in [-0.3, -0.25) is 0 Å². The second-order valence-electron chi connectivity index (χ2n) is 3.83. The van der Waals surface area contributed by atoms with Crippen LogP contribution in [0.2, 0.25) is 0 Å². The molecule has 19 heavy (non-hydrogen) atoms. The van der Waals surface area contributed by atoms with E-state index in [0.717, 1.165) is 6.07 Å². The number of esters is 1. The molecule has 2 aromatic rings. The fraction of sp³-hybridized carbons (Fsp3) is 0.0714. The summed E-state index contributed by atoms with van der Waals surface area (Å²) in [6.07, 6.45) is 0. The zero-order valence-electron chi connectivity index (χ0n) is 9.77. The number of hydrogen-bond donors (Lipinski definition) is 1. The minimum Gasteiger partial charge on any atom is -0.457 e. The molecule has 0 aliphatic carbocycles. The van der Waals surface area contributed by atoms with E-state index in [-0.39, 0.29) is 22.6 Å². The summed E-state index contributed by atoms with van der Waals surface area (Å²) in [6.45, 7) is -0.176. The summed E-state index contributed by atoms with van der Waals surface area (Å²) in [6, 6.07) is 9.69. The quantitative estimate of drug-likeness (QED) is 0.686. The van der Waals surface area contributed by atoms with Crippen LogP contribution in [0.5, 0.6) is 0 Å². The fourth-order valence-corrected chi connectivity index (χ4v) is 1.70. The molecule has 0 atom stereocenters. The van der Waals surface area contributed by atoms with Crippen molar-refractivity contribution in [2.45, 2.75) is 11.5 Å². The maximum atomic E-state index is 13.3. The molecule has 98 valence electrons. The predicted molar refractivity (Wildman–Crippen MR) is 69.2 cm³/mol. The first-order valence-electron chi connectivity index (χ1n) is 5.47. The highest BCUT2D eigenvalue weighted by atomic mass is 32.1. The number of carbonyl (C=O) groups excluding carboxylic acids is 1. The van der Waals surface area contributed by atoms with E-state index in [2.05, 4.69) is 12.6 Å². The van der Waals surface area contributed by atoms with Gasteiger partial charge in [0, 0.05) is 10.5 Å². The van der Waals surface area contributed by atoms with E-state index in [9.17, 15) is 13.6 Å². The maximum absolute atomic E-state index is 13.3. The maximum Gasteiger partial charge on any atom is 0.338 e. The molecule has 0 saturated heterocycles. The number of ether oxygens (including phenoxy) is 1. The molecule has 0 aliphatic heterocycles. The molecular formula is C14H10F2O2S. The number of halogens is 2. The van der Waals surface area contributed by atoms with Gasteiger partial charge in [0.15, 0.2) is 0 Å². The standard InChI is InChI=1S/C14H10F2O2S/c15-11-4-2-1-3-10(11)8-18-14(17)9-5-6-12(16)13(19)7-9/h1-7,19H,8H2. The van der Waals surface area contributed by atoms with E-state index in [1.54, 1.807) is 12.1 Å². The van der Waals surface area contributed by atoms with Gasteiger partial charge in [0.2, 0.25) is 0 Å². The summed E-state index contributed by atoms with van der Waals surface area (Å²) >= 11 is 3.87. The third kappa shape index (κ3) is 3.32. The smallest absolute Gasteiger partial charge is 0.338 e. The van der Waals surface area contributed by atoms with Crippen LogP contribution in [-0.4, -0.2) is 5.97 Å². The van der Waals surface area contributed by atoms with Crippen molar-refractivity contribution in [3.63, 3.8) is 0 Å². The number of benzene rings is 2. The molecule has 2 nitrogen and oxygen atoms in total. The van der Waals surface area contributed by atoms with Gasteiger partial charge in [0.05, 0.1) is 5.56 Å². The first kappa shape index (κ1) is 13.5. The molecule has 0 amide bonds. The van der Waals surface area contributed by atoms with E-state index in [0.29, 0.717) is 0 Å². The average Bonchev–Trinajstić information content (AvgIpc) is 2.40. The van der Waals surface area contributed by atoms with Gasteiger partial charge in [-0.25, -0.2) is 13.6 Å². The largest absolute Gasteiger partial charge is 0.457 e. The van der Waals surface area contributed by atoms with Crippen LogP contribution in [0.25, 0.3) is 0 Å². The second kappa shape index (κ2) is 5.84. The molecule has 0 bridgehead atoms. The monoisotopic (exact) mass is 280 g/mol. The molecule has 2 aromatic carbocycles. The summed E-state index contributed by atoms with van der Waals surface area (Å²) in [5, 5.41) is 0. The average molecular weight is 280 g/mol. The third-order valence-electron chi connectivity index (χ3n) is 2.50. The zero-order valence-corrected chi connectivity index (χ0v) is 10.7. The lowest BCUT2D eigenvalue weighted by atomic mass is 10.2. The Balaban J connectivity index is 2.05. The van der Waals surface area contributed by atoms with Crippen LogP contribution in [0.4, 0.5) is 8.78 Å². The van der Waals surface area contributed by atoms with Crippen molar-refractivity contribution in [2.75, 3.05) is 0 Å². The highest BCUT2D eigenvalue weighted by molar-refractivity contribution is 7.80. The van der Waals surface area contributed by atoms with Crippen molar-refractivity contribution in [1.29, 1.82) is 0 Å².